The number of amides is 1. The molecule has 1 amide bonds. The van der Waals surface area contributed by atoms with Gasteiger partial charge >= 0.3 is 0 Å². The number of fused-ring (bicyclic) bond motifs is 1. The van der Waals surface area contributed by atoms with Gasteiger partial charge in [0.15, 0.2) is 5.82 Å². The Morgan fingerprint density at radius 2 is 2.29 bits per heavy atom. The highest BCUT2D eigenvalue weighted by Gasteiger charge is 2.26. The molecular weight excluding hydrogens is 214 g/mol. The number of rotatable bonds is 2. The van der Waals surface area contributed by atoms with Crippen molar-refractivity contribution in [3.63, 3.8) is 0 Å². The highest BCUT2D eigenvalue weighted by Crippen LogP contribution is 2.34. The van der Waals surface area contributed by atoms with Crippen molar-refractivity contribution >= 4 is 5.91 Å². The second-order valence-electron chi connectivity index (χ2n) is 4.22. The lowest BCUT2D eigenvalue weighted by Crippen LogP contribution is -2.20. The third-order valence-electron chi connectivity index (χ3n) is 3.27. The maximum atomic E-state index is 11.3. The predicted octanol–water partition coefficient (Wildman–Crippen LogP) is 1.32. The van der Waals surface area contributed by atoms with Gasteiger partial charge in [0.05, 0.1) is 6.04 Å². The molecule has 1 aliphatic carbocycles. The highest BCUT2D eigenvalue weighted by molar-refractivity contribution is 5.89. The zero-order valence-corrected chi connectivity index (χ0v) is 9.26. The summed E-state index contributed by atoms with van der Waals surface area (Å²) in [5.41, 5.74) is 7.89. The Morgan fingerprint density at radius 3 is 3.12 bits per heavy atom. The first-order valence-corrected chi connectivity index (χ1v) is 5.60. The molecule has 2 N–H and O–H groups in total. The Kier molecular flexibility index (Phi) is 2.21. The van der Waals surface area contributed by atoms with Crippen LogP contribution in [0.15, 0.2) is 30.5 Å². The van der Waals surface area contributed by atoms with Crippen molar-refractivity contribution in [2.24, 2.45) is 5.73 Å². The Labute approximate surface area is 99.1 Å². The molecule has 17 heavy (non-hydrogen) atoms. The predicted molar refractivity (Wildman–Crippen MR) is 62.5 cm³/mol. The number of hydrogen-bond donors (Lipinski definition) is 1. The normalized spacial score (nSPS) is 18.0. The van der Waals surface area contributed by atoms with Crippen LogP contribution in [0.3, 0.4) is 0 Å². The number of primary amides is 1. The van der Waals surface area contributed by atoms with Gasteiger partial charge in [-0.1, -0.05) is 24.3 Å². The van der Waals surface area contributed by atoms with Crippen LogP contribution in [0.4, 0.5) is 0 Å². The molecule has 2 aromatic rings. The average molecular weight is 226 g/mol. The number of imidazole rings is 1. The minimum Gasteiger partial charge on any atom is -0.363 e. The molecule has 0 fully saturated rings. The summed E-state index contributed by atoms with van der Waals surface area (Å²) in [6.07, 6.45) is 6.40. The lowest BCUT2D eigenvalue weighted by molar-refractivity contribution is 0.0985. The van der Waals surface area contributed by atoms with E-state index in [0.29, 0.717) is 0 Å². The number of hydrogen-bond acceptors (Lipinski definition) is 2. The topological polar surface area (TPSA) is 60.9 Å². The molecule has 0 saturated heterocycles. The number of carbonyl (C=O) groups excluding carboxylic acids is 1. The van der Waals surface area contributed by atoms with Gasteiger partial charge in [0, 0.05) is 6.20 Å². The summed E-state index contributed by atoms with van der Waals surface area (Å²) in [4.78, 5) is 15.2. The van der Waals surface area contributed by atoms with Crippen molar-refractivity contribution < 1.29 is 4.79 Å². The lowest BCUT2D eigenvalue weighted by Gasteiger charge is -2.15. The number of benzene rings is 1. The SMILES string of the molecule is NC(=O)c1n[c]cn1C1CCc2ccccc21. The van der Waals surface area contributed by atoms with Gasteiger partial charge in [-0.2, -0.15) is 0 Å². The fourth-order valence-corrected chi connectivity index (χ4v) is 2.51. The number of nitrogens with two attached hydrogens (primary N) is 1. The van der Waals surface area contributed by atoms with Gasteiger partial charge in [-0.15, -0.1) is 0 Å². The molecule has 1 unspecified atom stereocenters. The standard InChI is InChI=1S/C13H12N3O/c14-12(17)13-15-7-8-16(13)11-6-5-9-3-1-2-4-10(9)11/h1-4,8,11H,5-6H2,(H2,14,17). The van der Waals surface area contributed by atoms with Crippen molar-refractivity contribution in [3.05, 3.63) is 53.6 Å². The Morgan fingerprint density at radius 1 is 1.47 bits per heavy atom. The molecule has 3 rings (SSSR count). The van der Waals surface area contributed by atoms with E-state index >= 15 is 0 Å². The van der Waals surface area contributed by atoms with Gasteiger partial charge < -0.3 is 10.3 Å². The molecule has 1 heterocycles. The van der Waals surface area contributed by atoms with E-state index in [9.17, 15) is 4.79 Å². The first-order chi connectivity index (χ1) is 8.27. The van der Waals surface area contributed by atoms with Crippen LogP contribution >= 0.6 is 0 Å². The van der Waals surface area contributed by atoms with E-state index in [-0.39, 0.29) is 11.9 Å². The summed E-state index contributed by atoms with van der Waals surface area (Å²) in [6, 6.07) is 8.43. The van der Waals surface area contributed by atoms with Crippen molar-refractivity contribution in [2.45, 2.75) is 18.9 Å². The first kappa shape index (κ1) is 10.1. The third-order valence-corrected chi connectivity index (χ3v) is 3.27. The lowest BCUT2D eigenvalue weighted by atomic mass is 10.1. The summed E-state index contributed by atoms with van der Waals surface area (Å²) in [7, 11) is 0. The van der Waals surface area contributed by atoms with Gasteiger partial charge in [-0.25, -0.2) is 4.98 Å². The molecule has 1 aromatic carbocycles. The second kappa shape index (κ2) is 3.73. The molecule has 1 radical (unpaired) electrons. The van der Waals surface area contributed by atoms with Gasteiger partial charge in [-0.05, 0) is 24.0 Å². The van der Waals surface area contributed by atoms with E-state index in [4.69, 9.17) is 5.73 Å². The molecule has 0 saturated carbocycles. The van der Waals surface area contributed by atoms with Crippen molar-refractivity contribution in [3.8, 4) is 0 Å². The Bertz CT molecular complexity index is 574. The molecule has 0 aliphatic heterocycles. The zero-order chi connectivity index (χ0) is 11.8. The second-order valence-corrected chi connectivity index (χ2v) is 4.22. The smallest absolute Gasteiger partial charge is 0.284 e. The summed E-state index contributed by atoms with van der Waals surface area (Å²) in [6.45, 7) is 0. The fourth-order valence-electron chi connectivity index (χ4n) is 2.51. The Hall–Kier alpha value is -2.10. The summed E-state index contributed by atoms with van der Waals surface area (Å²) in [5.74, 6) is -0.220. The zero-order valence-electron chi connectivity index (χ0n) is 9.26. The Balaban J connectivity index is 2.07. The van der Waals surface area contributed by atoms with E-state index in [2.05, 4.69) is 23.3 Å². The molecule has 0 bridgehead atoms. The van der Waals surface area contributed by atoms with Crippen LogP contribution in [-0.2, 0) is 6.42 Å². The number of aryl methyl sites for hydroxylation is 1. The van der Waals surface area contributed by atoms with E-state index in [0.717, 1.165) is 12.8 Å². The monoisotopic (exact) mass is 226 g/mol. The van der Waals surface area contributed by atoms with E-state index in [1.165, 1.54) is 11.1 Å². The molecular formula is C13H12N3O. The molecule has 1 aliphatic rings. The highest BCUT2D eigenvalue weighted by atomic mass is 16.1. The van der Waals surface area contributed by atoms with Crippen LogP contribution in [-0.4, -0.2) is 15.5 Å². The van der Waals surface area contributed by atoms with Crippen LogP contribution in [0.1, 0.15) is 34.2 Å². The number of aromatic nitrogens is 2. The number of carbonyl (C=O) groups is 1. The fraction of sp³-hybridized carbons (Fsp3) is 0.231. The van der Waals surface area contributed by atoms with Crippen LogP contribution in [0.2, 0.25) is 0 Å². The van der Waals surface area contributed by atoms with Crippen LogP contribution in [0.5, 0.6) is 0 Å². The van der Waals surface area contributed by atoms with Gasteiger partial charge in [0.1, 0.15) is 6.20 Å². The maximum Gasteiger partial charge on any atom is 0.284 e. The van der Waals surface area contributed by atoms with Crippen LogP contribution < -0.4 is 5.73 Å². The van der Waals surface area contributed by atoms with Crippen molar-refractivity contribution in [2.75, 3.05) is 0 Å². The third kappa shape index (κ3) is 1.53. The molecule has 4 nitrogen and oxygen atoms in total. The molecule has 85 valence electrons. The summed E-state index contributed by atoms with van der Waals surface area (Å²) >= 11 is 0. The first-order valence-electron chi connectivity index (χ1n) is 5.60. The van der Waals surface area contributed by atoms with E-state index in [1.807, 2.05) is 16.7 Å². The summed E-state index contributed by atoms with van der Waals surface area (Å²) in [5, 5.41) is 0. The minimum absolute atomic E-state index is 0.160. The van der Waals surface area contributed by atoms with E-state index < -0.39 is 5.91 Å². The molecule has 0 spiro atoms. The van der Waals surface area contributed by atoms with Gasteiger partial charge in [-0.3, -0.25) is 4.79 Å². The van der Waals surface area contributed by atoms with Gasteiger partial charge in [0.25, 0.3) is 5.91 Å². The average Bonchev–Trinajstić information content (AvgIpc) is 2.94. The molecule has 1 atom stereocenters. The van der Waals surface area contributed by atoms with Crippen molar-refractivity contribution in [1.82, 2.24) is 9.55 Å². The quantitative estimate of drug-likeness (QED) is 0.839. The molecule has 1 aromatic heterocycles. The van der Waals surface area contributed by atoms with Crippen LogP contribution in [0, 0.1) is 6.20 Å². The number of nitrogens with zero attached hydrogens (tertiary/aromatic N) is 2. The van der Waals surface area contributed by atoms with Gasteiger partial charge in [0.2, 0.25) is 0 Å². The van der Waals surface area contributed by atoms with Crippen LogP contribution in [0.25, 0.3) is 0 Å². The molecule has 4 heteroatoms. The maximum absolute atomic E-state index is 11.3. The largest absolute Gasteiger partial charge is 0.363 e. The summed E-state index contributed by atoms with van der Waals surface area (Å²) < 4.78 is 1.83. The van der Waals surface area contributed by atoms with E-state index in [1.54, 1.807) is 6.20 Å². The van der Waals surface area contributed by atoms with Crippen molar-refractivity contribution in [1.29, 1.82) is 0 Å². The minimum atomic E-state index is -0.504.